The number of sulfonamides is 1. The van der Waals surface area contributed by atoms with Gasteiger partial charge in [0.05, 0.1) is 10.6 Å². The van der Waals surface area contributed by atoms with Gasteiger partial charge in [0.2, 0.25) is 11.8 Å². The van der Waals surface area contributed by atoms with Gasteiger partial charge in [-0.05, 0) is 61.7 Å². The summed E-state index contributed by atoms with van der Waals surface area (Å²) in [6, 6.07) is 20.3. The molecule has 0 radical (unpaired) electrons. The Balaban J connectivity index is 2.05. The lowest BCUT2D eigenvalue weighted by atomic mass is 10.1. The molecule has 7 nitrogen and oxygen atoms in total. The molecule has 0 aliphatic rings. The predicted molar refractivity (Wildman–Crippen MR) is 156 cm³/mol. The monoisotopic (exact) mass is 589 g/mol. The molecule has 0 spiro atoms. The summed E-state index contributed by atoms with van der Waals surface area (Å²) < 4.78 is 28.5. The number of anilines is 1. The summed E-state index contributed by atoms with van der Waals surface area (Å²) in [6.45, 7) is 5.13. The third-order valence-electron chi connectivity index (χ3n) is 6.40. The van der Waals surface area contributed by atoms with Crippen molar-refractivity contribution in [2.24, 2.45) is 0 Å². The number of hydrogen-bond donors (Lipinski definition) is 1. The molecule has 1 N–H and O–H groups in total. The van der Waals surface area contributed by atoms with Crippen molar-refractivity contribution < 1.29 is 18.0 Å². The van der Waals surface area contributed by atoms with Crippen LogP contribution in [0.25, 0.3) is 0 Å². The summed E-state index contributed by atoms with van der Waals surface area (Å²) in [6.07, 6.45) is 1.03. The molecular weight excluding hydrogens is 557 g/mol. The molecule has 0 saturated carbocycles. The zero-order valence-corrected chi connectivity index (χ0v) is 24.5. The van der Waals surface area contributed by atoms with Gasteiger partial charge >= 0.3 is 0 Å². The molecule has 39 heavy (non-hydrogen) atoms. The first-order chi connectivity index (χ1) is 18.6. The van der Waals surface area contributed by atoms with Crippen LogP contribution in [0.2, 0.25) is 10.0 Å². The fourth-order valence-corrected chi connectivity index (χ4v) is 5.94. The summed E-state index contributed by atoms with van der Waals surface area (Å²) in [5.41, 5.74) is 0.915. The number of nitrogens with zero attached hydrogens (tertiary/aromatic N) is 2. The lowest BCUT2D eigenvalue weighted by Crippen LogP contribution is -2.53. The van der Waals surface area contributed by atoms with E-state index in [2.05, 4.69) is 5.32 Å². The van der Waals surface area contributed by atoms with Gasteiger partial charge in [-0.1, -0.05) is 79.5 Å². The van der Waals surface area contributed by atoms with Gasteiger partial charge < -0.3 is 10.2 Å². The number of amides is 2. The molecule has 0 aromatic heterocycles. The molecule has 0 aliphatic heterocycles. The first kappa shape index (κ1) is 30.5. The first-order valence-electron chi connectivity index (χ1n) is 12.7. The Hall–Kier alpha value is -3.07. The third kappa shape index (κ3) is 7.75. The van der Waals surface area contributed by atoms with Crippen LogP contribution in [0, 0.1) is 0 Å². The van der Waals surface area contributed by atoms with Crippen molar-refractivity contribution >= 4 is 50.7 Å². The van der Waals surface area contributed by atoms with Gasteiger partial charge in [-0.2, -0.15) is 0 Å². The second kappa shape index (κ2) is 13.8. The number of rotatable bonds is 12. The van der Waals surface area contributed by atoms with Crippen molar-refractivity contribution in [2.45, 2.75) is 57.1 Å². The van der Waals surface area contributed by atoms with Gasteiger partial charge in [0.1, 0.15) is 12.6 Å². The smallest absolute Gasteiger partial charge is 0.264 e. The normalized spacial score (nSPS) is 12.8. The molecule has 0 bridgehead atoms. The minimum absolute atomic E-state index is 0.00468. The Morgan fingerprint density at radius 3 is 2.08 bits per heavy atom. The van der Waals surface area contributed by atoms with Crippen molar-refractivity contribution in [1.82, 2.24) is 10.2 Å². The Morgan fingerprint density at radius 1 is 0.897 bits per heavy atom. The third-order valence-corrected chi connectivity index (χ3v) is 8.77. The molecule has 3 rings (SSSR count). The van der Waals surface area contributed by atoms with Crippen LogP contribution in [0.3, 0.4) is 0 Å². The second-order valence-corrected chi connectivity index (χ2v) is 11.9. The van der Waals surface area contributed by atoms with Crippen LogP contribution in [-0.4, -0.2) is 43.8 Å². The molecule has 2 amide bonds. The molecule has 0 fully saturated rings. The SMILES string of the molecule is CC[C@H](C)NC(=O)[C@H](CC)N(Cc1ccc(Cl)cc1Cl)C(=O)CN(c1ccccc1)S(=O)(=O)c1ccccc1. The van der Waals surface area contributed by atoms with Crippen LogP contribution in [-0.2, 0) is 26.2 Å². The van der Waals surface area contributed by atoms with Crippen molar-refractivity contribution in [1.29, 1.82) is 0 Å². The lowest BCUT2D eigenvalue weighted by Gasteiger charge is -2.34. The molecule has 0 aliphatic carbocycles. The van der Waals surface area contributed by atoms with Crippen molar-refractivity contribution in [3.8, 4) is 0 Å². The van der Waals surface area contributed by atoms with Crippen molar-refractivity contribution in [3.05, 3.63) is 94.5 Å². The standard InChI is InChI=1S/C29H33Cl2N3O4S/c1-4-21(3)32-29(36)27(5-2)33(19-22-16-17-23(30)18-26(22)31)28(35)20-34(24-12-8-6-9-13-24)39(37,38)25-14-10-7-11-15-25/h6-18,21,27H,4-5,19-20H2,1-3H3,(H,32,36)/t21-,27-/m0/s1. The van der Waals surface area contributed by atoms with E-state index in [1.807, 2.05) is 13.8 Å². The zero-order valence-electron chi connectivity index (χ0n) is 22.2. The van der Waals surface area contributed by atoms with Gasteiger partial charge in [0.15, 0.2) is 0 Å². The van der Waals surface area contributed by atoms with Gasteiger partial charge in [0, 0.05) is 22.6 Å². The maximum Gasteiger partial charge on any atom is 0.264 e. The molecule has 0 heterocycles. The molecule has 208 valence electrons. The summed E-state index contributed by atoms with van der Waals surface area (Å²) in [4.78, 5) is 28.8. The van der Waals surface area contributed by atoms with E-state index in [0.29, 0.717) is 27.7 Å². The Morgan fingerprint density at radius 2 is 1.51 bits per heavy atom. The minimum Gasteiger partial charge on any atom is -0.352 e. The van der Waals surface area contributed by atoms with E-state index in [0.717, 1.165) is 10.7 Å². The van der Waals surface area contributed by atoms with Crippen molar-refractivity contribution in [3.63, 3.8) is 0 Å². The minimum atomic E-state index is -4.10. The quantitative estimate of drug-likeness (QED) is 0.284. The molecule has 0 unspecified atom stereocenters. The van der Waals surface area contributed by atoms with E-state index in [9.17, 15) is 18.0 Å². The molecule has 3 aromatic rings. The summed E-state index contributed by atoms with van der Waals surface area (Å²) >= 11 is 12.5. The van der Waals surface area contributed by atoms with E-state index in [-0.39, 0.29) is 23.4 Å². The highest BCUT2D eigenvalue weighted by molar-refractivity contribution is 7.92. The Labute approximate surface area is 240 Å². The van der Waals surface area contributed by atoms with Crippen LogP contribution in [0.4, 0.5) is 5.69 Å². The average Bonchev–Trinajstić information content (AvgIpc) is 2.93. The fourth-order valence-electron chi connectivity index (χ4n) is 4.04. The Bertz CT molecular complexity index is 1370. The first-order valence-corrected chi connectivity index (χ1v) is 14.9. The zero-order chi connectivity index (χ0) is 28.6. The molecule has 0 saturated heterocycles. The predicted octanol–water partition coefficient (Wildman–Crippen LogP) is 5.91. The van der Waals surface area contributed by atoms with Crippen LogP contribution in [0.1, 0.15) is 39.2 Å². The number of nitrogens with one attached hydrogen (secondary N) is 1. The highest BCUT2D eigenvalue weighted by atomic mass is 35.5. The fraction of sp³-hybridized carbons (Fsp3) is 0.310. The average molecular weight is 591 g/mol. The van der Waals surface area contributed by atoms with E-state index < -0.39 is 28.5 Å². The van der Waals surface area contributed by atoms with E-state index in [4.69, 9.17) is 23.2 Å². The van der Waals surface area contributed by atoms with Crippen LogP contribution in [0.15, 0.2) is 83.8 Å². The van der Waals surface area contributed by atoms with Gasteiger partial charge in [-0.25, -0.2) is 8.42 Å². The number of benzene rings is 3. The summed E-state index contributed by atoms with van der Waals surface area (Å²) in [5, 5.41) is 3.73. The number of halogens is 2. The maximum atomic E-state index is 14.0. The van der Waals surface area contributed by atoms with Crippen molar-refractivity contribution in [2.75, 3.05) is 10.8 Å². The molecular formula is C29H33Cl2N3O4S. The number of para-hydroxylation sites is 1. The second-order valence-electron chi connectivity index (χ2n) is 9.16. The number of carbonyl (C=O) groups is 2. The number of hydrogen-bond acceptors (Lipinski definition) is 4. The van der Waals surface area contributed by atoms with Gasteiger partial charge in [-0.15, -0.1) is 0 Å². The van der Waals surface area contributed by atoms with E-state index in [1.165, 1.54) is 17.0 Å². The van der Waals surface area contributed by atoms with Crippen LogP contribution < -0.4 is 9.62 Å². The van der Waals surface area contributed by atoms with Gasteiger partial charge in [-0.3, -0.25) is 13.9 Å². The van der Waals surface area contributed by atoms with Crippen LogP contribution >= 0.6 is 23.2 Å². The lowest BCUT2D eigenvalue weighted by molar-refractivity contribution is -0.140. The number of carbonyl (C=O) groups excluding carboxylic acids is 2. The summed E-state index contributed by atoms with van der Waals surface area (Å²) in [5.74, 6) is -0.863. The topological polar surface area (TPSA) is 86.8 Å². The largest absolute Gasteiger partial charge is 0.352 e. The highest BCUT2D eigenvalue weighted by Crippen LogP contribution is 2.26. The van der Waals surface area contributed by atoms with E-state index >= 15 is 0 Å². The van der Waals surface area contributed by atoms with Gasteiger partial charge in [0.25, 0.3) is 10.0 Å². The molecule has 3 aromatic carbocycles. The summed E-state index contributed by atoms with van der Waals surface area (Å²) in [7, 11) is -4.10. The van der Waals surface area contributed by atoms with E-state index in [1.54, 1.807) is 73.7 Å². The highest BCUT2D eigenvalue weighted by Gasteiger charge is 2.34. The molecule has 2 atom stereocenters. The van der Waals surface area contributed by atoms with Crippen LogP contribution in [0.5, 0.6) is 0 Å². The molecule has 10 heteroatoms. The Kier molecular flexibility index (Phi) is 10.8. The maximum absolute atomic E-state index is 14.0.